The molecule has 1 heterocycles. The van der Waals surface area contributed by atoms with Gasteiger partial charge < -0.3 is 10.5 Å². The molecule has 2 aromatic rings. The summed E-state index contributed by atoms with van der Waals surface area (Å²) in [5.41, 5.74) is 9.46. The molecule has 4 heteroatoms. The summed E-state index contributed by atoms with van der Waals surface area (Å²) in [6.45, 7) is 0. The molecule has 2 aromatic carbocycles. The number of nitrogens with two attached hydrogens (primary N) is 1. The predicted molar refractivity (Wildman–Crippen MR) is 70.2 cm³/mol. The average molecular weight is 239 g/mol. The van der Waals surface area contributed by atoms with E-state index in [-0.39, 0.29) is 6.04 Å². The van der Waals surface area contributed by atoms with Gasteiger partial charge in [0.15, 0.2) is 0 Å². The Balaban J connectivity index is 2.11. The fraction of sp³-hybridized carbons (Fsp3) is 0.143. The van der Waals surface area contributed by atoms with Crippen LogP contribution in [0.1, 0.15) is 17.2 Å². The zero-order chi connectivity index (χ0) is 12.5. The van der Waals surface area contributed by atoms with Crippen LogP contribution in [0, 0.1) is 0 Å². The molecule has 0 fully saturated rings. The SMILES string of the molecule is COc1ccccc1C1N=Nc2ccc(N)cc21. The maximum Gasteiger partial charge on any atom is 0.127 e. The van der Waals surface area contributed by atoms with Crippen molar-refractivity contribution in [2.24, 2.45) is 10.2 Å². The van der Waals surface area contributed by atoms with Crippen LogP contribution in [0.3, 0.4) is 0 Å². The summed E-state index contributed by atoms with van der Waals surface area (Å²) in [6, 6.07) is 13.4. The van der Waals surface area contributed by atoms with E-state index < -0.39 is 0 Å². The number of hydrogen-bond donors (Lipinski definition) is 1. The highest BCUT2D eigenvalue weighted by molar-refractivity contribution is 5.60. The van der Waals surface area contributed by atoms with Crippen LogP contribution >= 0.6 is 0 Å². The predicted octanol–water partition coefficient (Wildman–Crippen LogP) is 3.46. The van der Waals surface area contributed by atoms with Crippen LogP contribution in [-0.2, 0) is 0 Å². The van der Waals surface area contributed by atoms with Crippen LogP contribution in [0.2, 0.25) is 0 Å². The summed E-state index contributed by atoms with van der Waals surface area (Å²) >= 11 is 0. The van der Waals surface area contributed by atoms with Crippen molar-refractivity contribution in [3.63, 3.8) is 0 Å². The Kier molecular flexibility index (Phi) is 2.48. The Bertz CT molecular complexity index is 622. The Labute approximate surface area is 105 Å². The zero-order valence-electron chi connectivity index (χ0n) is 10.00. The largest absolute Gasteiger partial charge is 0.496 e. The van der Waals surface area contributed by atoms with Crippen molar-refractivity contribution in [3.8, 4) is 5.75 Å². The fourth-order valence-corrected chi connectivity index (χ4v) is 2.19. The van der Waals surface area contributed by atoms with E-state index in [2.05, 4.69) is 10.2 Å². The van der Waals surface area contributed by atoms with E-state index in [0.717, 1.165) is 28.3 Å². The summed E-state index contributed by atoms with van der Waals surface area (Å²) in [5, 5.41) is 8.50. The van der Waals surface area contributed by atoms with Crippen molar-refractivity contribution in [2.45, 2.75) is 6.04 Å². The summed E-state index contributed by atoms with van der Waals surface area (Å²) in [4.78, 5) is 0. The third kappa shape index (κ3) is 1.62. The minimum Gasteiger partial charge on any atom is -0.496 e. The van der Waals surface area contributed by atoms with Crippen molar-refractivity contribution >= 4 is 11.4 Å². The summed E-state index contributed by atoms with van der Waals surface area (Å²) in [5.74, 6) is 0.816. The number of ether oxygens (including phenoxy) is 1. The number of fused-ring (bicyclic) bond motifs is 1. The third-order valence-corrected chi connectivity index (χ3v) is 3.06. The summed E-state index contributed by atoms with van der Waals surface area (Å²) < 4.78 is 5.37. The summed E-state index contributed by atoms with van der Waals surface area (Å²) in [6.07, 6.45) is 0. The molecule has 1 atom stereocenters. The Morgan fingerprint density at radius 2 is 1.94 bits per heavy atom. The maximum atomic E-state index is 5.83. The van der Waals surface area contributed by atoms with Gasteiger partial charge in [0, 0.05) is 16.8 Å². The third-order valence-electron chi connectivity index (χ3n) is 3.06. The van der Waals surface area contributed by atoms with Gasteiger partial charge in [0.1, 0.15) is 11.8 Å². The molecule has 1 aliphatic heterocycles. The highest BCUT2D eigenvalue weighted by Crippen LogP contribution is 2.43. The van der Waals surface area contributed by atoms with E-state index in [1.807, 2.05) is 42.5 Å². The van der Waals surface area contributed by atoms with Crippen molar-refractivity contribution in [1.29, 1.82) is 0 Å². The van der Waals surface area contributed by atoms with Crippen molar-refractivity contribution in [1.82, 2.24) is 0 Å². The van der Waals surface area contributed by atoms with Crippen LogP contribution in [0.4, 0.5) is 11.4 Å². The molecule has 0 aromatic heterocycles. The molecule has 0 aliphatic carbocycles. The van der Waals surface area contributed by atoms with Gasteiger partial charge in [0.2, 0.25) is 0 Å². The number of anilines is 1. The molecule has 1 aliphatic rings. The normalized spacial score (nSPS) is 16.6. The van der Waals surface area contributed by atoms with Gasteiger partial charge in [-0.2, -0.15) is 10.2 Å². The quantitative estimate of drug-likeness (QED) is 0.816. The minimum absolute atomic E-state index is 0.125. The number of para-hydroxylation sites is 1. The molecular formula is C14H13N3O. The number of nitrogen functional groups attached to an aromatic ring is 1. The zero-order valence-corrected chi connectivity index (χ0v) is 10.00. The van der Waals surface area contributed by atoms with Crippen LogP contribution in [0.25, 0.3) is 0 Å². The minimum atomic E-state index is -0.125. The lowest BCUT2D eigenvalue weighted by atomic mass is 9.98. The number of benzene rings is 2. The Morgan fingerprint density at radius 1 is 1.11 bits per heavy atom. The number of hydrogen-bond acceptors (Lipinski definition) is 4. The second-order valence-electron chi connectivity index (χ2n) is 4.18. The van der Waals surface area contributed by atoms with Gasteiger partial charge in [-0.05, 0) is 24.3 Å². The van der Waals surface area contributed by atoms with Crippen molar-refractivity contribution in [3.05, 3.63) is 53.6 Å². The molecule has 18 heavy (non-hydrogen) atoms. The molecule has 0 saturated heterocycles. The highest BCUT2D eigenvalue weighted by Gasteiger charge is 2.24. The lowest BCUT2D eigenvalue weighted by Crippen LogP contribution is -1.99. The molecule has 0 amide bonds. The first-order chi connectivity index (χ1) is 8.79. The topological polar surface area (TPSA) is 60.0 Å². The van der Waals surface area contributed by atoms with Gasteiger partial charge in [0.25, 0.3) is 0 Å². The lowest BCUT2D eigenvalue weighted by Gasteiger charge is -2.12. The Morgan fingerprint density at radius 3 is 2.78 bits per heavy atom. The van der Waals surface area contributed by atoms with E-state index in [1.54, 1.807) is 7.11 Å². The van der Waals surface area contributed by atoms with Crippen molar-refractivity contribution in [2.75, 3.05) is 12.8 Å². The van der Waals surface area contributed by atoms with Gasteiger partial charge in [-0.15, -0.1) is 0 Å². The van der Waals surface area contributed by atoms with Crippen LogP contribution in [-0.4, -0.2) is 7.11 Å². The van der Waals surface area contributed by atoms with Gasteiger partial charge in [-0.3, -0.25) is 0 Å². The molecule has 4 nitrogen and oxygen atoms in total. The first-order valence-electron chi connectivity index (χ1n) is 5.73. The molecule has 2 N–H and O–H groups in total. The van der Waals surface area contributed by atoms with E-state index in [0.29, 0.717) is 0 Å². The molecule has 0 radical (unpaired) electrons. The number of methoxy groups -OCH3 is 1. The smallest absolute Gasteiger partial charge is 0.127 e. The average Bonchev–Trinajstić information content (AvgIpc) is 2.81. The number of azo groups is 1. The lowest BCUT2D eigenvalue weighted by molar-refractivity contribution is 0.408. The fourth-order valence-electron chi connectivity index (χ4n) is 2.19. The second-order valence-corrected chi connectivity index (χ2v) is 4.18. The highest BCUT2D eigenvalue weighted by atomic mass is 16.5. The Hall–Kier alpha value is -2.36. The maximum absolute atomic E-state index is 5.83. The van der Waals surface area contributed by atoms with Gasteiger partial charge >= 0.3 is 0 Å². The van der Waals surface area contributed by atoms with Gasteiger partial charge in [0.05, 0.1) is 12.8 Å². The van der Waals surface area contributed by atoms with Crippen LogP contribution < -0.4 is 10.5 Å². The molecule has 1 unspecified atom stereocenters. The second kappa shape index (κ2) is 4.14. The van der Waals surface area contributed by atoms with Gasteiger partial charge in [-0.25, -0.2) is 0 Å². The molecule has 90 valence electrons. The molecule has 3 rings (SSSR count). The molecule has 0 bridgehead atoms. The first kappa shape index (κ1) is 10.8. The van der Waals surface area contributed by atoms with Gasteiger partial charge in [-0.1, -0.05) is 18.2 Å². The van der Waals surface area contributed by atoms with Crippen molar-refractivity contribution < 1.29 is 4.74 Å². The molecule has 0 spiro atoms. The first-order valence-corrected chi connectivity index (χ1v) is 5.73. The van der Waals surface area contributed by atoms with E-state index in [1.165, 1.54) is 0 Å². The van der Waals surface area contributed by atoms with Crippen LogP contribution in [0.5, 0.6) is 5.75 Å². The number of nitrogens with zero attached hydrogens (tertiary/aromatic N) is 2. The number of rotatable bonds is 2. The van der Waals surface area contributed by atoms with E-state index in [9.17, 15) is 0 Å². The standard InChI is InChI=1S/C14H13N3O/c1-18-13-5-3-2-4-10(13)14-11-8-9(15)6-7-12(11)16-17-14/h2-8,14H,15H2,1H3. The van der Waals surface area contributed by atoms with E-state index >= 15 is 0 Å². The monoisotopic (exact) mass is 239 g/mol. The molecular weight excluding hydrogens is 226 g/mol. The summed E-state index contributed by atoms with van der Waals surface area (Å²) in [7, 11) is 1.66. The van der Waals surface area contributed by atoms with E-state index in [4.69, 9.17) is 10.5 Å². The molecule has 0 saturated carbocycles. The van der Waals surface area contributed by atoms with Crippen LogP contribution in [0.15, 0.2) is 52.7 Å².